The summed E-state index contributed by atoms with van der Waals surface area (Å²) >= 11 is 0. The van der Waals surface area contributed by atoms with Crippen molar-refractivity contribution in [3.05, 3.63) is 35.0 Å². The quantitative estimate of drug-likeness (QED) is 0.784. The van der Waals surface area contributed by atoms with Gasteiger partial charge in [0.2, 0.25) is 0 Å². The van der Waals surface area contributed by atoms with E-state index in [-0.39, 0.29) is 0 Å². The molecule has 0 radical (unpaired) electrons. The number of rotatable bonds is 5. The van der Waals surface area contributed by atoms with Gasteiger partial charge in [-0.25, -0.2) is 0 Å². The summed E-state index contributed by atoms with van der Waals surface area (Å²) in [5, 5.41) is 4.49. The summed E-state index contributed by atoms with van der Waals surface area (Å²) in [6, 6.07) is 5.93. The van der Waals surface area contributed by atoms with Gasteiger partial charge >= 0.3 is 0 Å². The molecule has 0 saturated heterocycles. The molecule has 4 heteroatoms. The van der Waals surface area contributed by atoms with Gasteiger partial charge in [-0.1, -0.05) is 0 Å². The monoisotopic (exact) mass is 272 g/mol. The third kappa shape index (κ3) is 2.59. The number of hydrogen-bond acceptors (Lipinski definition) is 3. The highest BCUT2D eigenvalue weighted by Crippen LogP contribution is 2.29. The molecule has 2 aromatic rings. The summed E-state index contributed by atoms with van der Waals surface area (Å²) < 4.78 is 7.31. The largest absolute Gasteiger partial charge is 0.494 e. The summed E-state index contributed by atoms with van der Waals surface area (Å²) in [6.07, 6.45) is 0.844. The SMILES string of the molecule is CCOc1cc(C)c(-c2cc(C=O)n(CC)n2)cc1C. The molecule has 0 atom stereocenters. The average Bonchev–Trinajstić information content (AvgIpc) is 2.85. The number of aromatic nitrogens is 2. The lowest BCUT2D eigenvalue weighted by Gasteiger charge is -2.11. The second-order valence-electron chi connectivity index (χ2n) is 4.75. The second kappa shape index (κ2) is 5.90. The summed E-state index contributed by atoms with van der Waals surface area (Å²) in [7, 11) is 0. The van der Waals surface area contributed by atoms with Crippen LogP contribution in [-0.4, -0.2) is 22.7 Å². The fourth-order valence-corrected chi connectivity index (χ4v) is 2.29. The Kier molecular flexibility index (Phi) is 4.23. The number of benzene rings is 1. The van der Waals surface area contributed by atoms with Gasteiger partial charge in [0.05, 0.1) is 12.3 Å². The molecule has 0 aliphatic carbocycles. The molecule has 2 rings (SSSR count). The lowest BCUT2D eigenvalue weighted by atomic mass is 10.0. The zero-order valence-corrected chi connectivity index (χ0v) is 12.4. The van der Waals surface area contributed by atoms with Crippen molar-refractivity contribution in [1.82, 2.24) is 9.78 Å². The zero-order chi connectivity index (χ0) is 14.7. The summed E-state index contributed by atoms with van der Waals surface area (Å²) in [5.74, 6) is 0.902. The Morgan fingerprint density at radius 3 is 2.50 bits per heavy atom. The highest BCUT2D eigenvalue weighted by Gasteiger charge is 2.12. The maximum absolute atomic E-state index is 11.0. The molecular weight excluding hydrogens is 252 g/mol. The van der Waals surface area contributed by atoms with Crippen LogP contribution in [0, 0.1) is 13.8 Å². The number of aldehydes is 1. The van der Waals surface area contributed by atoms with Crippen LogP contribution in [-0.2, 0) is 6.54 Å². The molecule has 4 nitrogen and oxygen atoms in total. The first-order valence-corrected chi connectivity index (χ1v) is 6.88. The van der Waals surface area contributed by atoms with Crippen LogP contribution in [0.3, 0.4) is 0 Å². The van der Waals surface area contributed by atoms with E-state index in [2.05, 4.69) is 11.2 Å². The summed E-state index contributed by atoms with van der Waals surface area (Å²) in [5.41, 5.74) is 4.65. The van der Waals surface area contributed by atoms with Gasteiger partial charge in [0.25, 0.3) is 0 Å². The van der Waals surface area contributed by atoms with Crippen LogP contribution < -0.4 is 4.74 Å². The number of aryl methyl sites for hydroxylation is 3. The Morgan fingerprint density at radius 1 is 1.20 bits per heavy atom. The molecule has 0 bridgehead atoms. The van der Waals surface area contributed by atoms with Gasteiger partial charge in [-0.3, -0.25) is 9.48 Å². The van der Waals surface area contributed by atoms with Crippen LogP contribution >= 0.6 is 0 Å². The number of nitrogens with zero attached hydrogens (tertiary/aromatic N) is 2. The van der Waals surface area contributed by atoms with Gasteiger partial charge in [0, 0.05) is 12.1 Å². The molecule has 1 aromatic carbocycles. The van der Waals surface area contributed by atoms with Crippen molar-refractivity contribution in [2.24, 2.45) is 0 Å². The molecule has 1 heterocycles. The normalized spacial score (nSPS) is 10.6. The lowest BCUT2D eigenvalue weighted by Crippen LogP contribution is -2.01. The fraction of sp³-hybridized carbons (Fsp3) is 0.375. The first-order chi connectivity index (χ1) is 9.60. The molecule has 0 N–H and O–H groups in total. The maximum atomic E-state index is 11.0. The molecule has 0 aliphatic rings. The smallest absolute Gasteiger partial charge is 0.168 e. The van der Waals surface area contributed by atoms with Crippen LogP contribution in [0.25, 0.3) is 11.3 Å². The predicted molar refractivity (Wildman–Crippen MR) is 79.4 cm³/mol. The predicted octanol–water partition coefficient (Wildman–Crippen LogP) is 3.40. The Morgan fingerprint density at radius 2 is 1.95 bits per heavy atom. The molecule has 0 spiro atoms. The molecule has 0 unspecified atom stereocenters. The molecular formula is C16H20N2O2. The van der Waals surface area contributed by atoms with E-state index in [0.717, 1.165) is 34.4 Å². The summed E-state index contributed by atoms with van der Waals surface area (Å²) in [4.78, 5) is 11.0. The van der Waals surface area contributed by atoms with E-state index < -0.39 is 0 Å². The topological polar surface area (TPSA) is 44.1 Å². The minimum absolute atomic E-state index is 0.605. The van der Waals surface area contributed by atoms with E-state index in [9.17, 15) is 4.79 Å². The van der Waals surface area contributed by atoms with Crippen molar-refractivity contribution in [3.8, 4) is 17.0 Å². The van der Waals surface area contributed by atoms with Gasteiger partial charge in [-0.05, 0) is 57.0 Å². The minimum atomic E-state index is 0.605. The van der Waals surface area contributed by atoms with E-state index in [1.807, 2.05) is 39.8 Å². The van der Waals surface area contributed by atoms with Crippen molar-refractivity contribution >= 4 is 6.29 Å². The van der Waals surface area contributed by atoms with Crippen molar-refractivity contribution in [2.45, 2.75) is 34.2 Å². The highest BCUT2D eigenvalue weighted by atomic mass is 16.5. The number of carbonyl (C=O) groups excluding carboxylic acids is 1. The van der Waals surface area contributed by atoms with Gasteiger partial charge in [0.1, 0.15) is 11.4 Å². The van der Waals surface area contributed by atoms with Crippen molar-refractivity contribution in [1.29, 1.82) is 0 Å². The van der Waals surface area contributed by atoms with Crippen LogP contribution in [0.5, 0.6) is 5.75 Å². The highest BCUT2D eigenvalue weighted by molar-refractivity contribution is 5.77. The number of hydrogen-bond donors (Lipinski definition) is 0. The first kappa shape index (κ1) is 14.3. The summed E-state index contributed by atoms with van der Waals surface area (Å²) in [6.45, 7) is 9.33. The molecule has 0 aliphatic heterocycles. The lowest BCUT2D eigenvalue weighted by molar-refractivity contribution is 0.111. The van der Waals surface area contributed by atoms with E-state index in [0.29, 0.717) is 18.8 Å². The van der Waals surface area contributed by atoms with Crippen LogP contribution in [0.1, 0.15) is 35.5 Å². The van der Waals surface area contributed by atoms with Gasteiger partial charge in [-0.2, -0.15) is 5.10 Å². The third-order valence-corrected chi connectivity index (χ3v) is 3.33. The zero-order valence-electron chi connectivity index (χ0n) is 12.4. The molecule has 0 saturated carbocycles. The number of ether oxygens (including phenoxy) is 1. The maximum Gasteiger partial charge on any atom is 0.168 e. The third-order valence-electron chi connectivity index (χ3n) is 3.33. The molecule has 0 amide bonds. The Hall–Kier alpha value is -2.10. The van der Waals surface area contributed by atoms with Gasteiger partial charge < -0.3 is 4.74 Å². The average molecular weight is 272 g/mol. The van der Waals surface area contributed by atoms with Crippen LogP contribution in [0.15, 0.2) is 18.2 Å². The molecule has 106 valence electrons. The second-order valence-corrected chi connectivity index (χ2v) is 4.75. The Bertz CT molecular complexity index is 630. The molecule has 20 heavy (non-hydrogen) atoms. The van der Waals surface area contributed by atoms with Gasteiger partial charge in [0.15, 0.2) is 6.29 Å². The van der Waals surface area contributed by atoms with E-state index in [1.165, 1.54) is 0 Å². The van der Waals surface area contributed by atoms with Crippen molar-refractivity contribution in [2.75, 3.05) is 6.61 Å². The Labute approximate surface area is 119 Å². The molecule has 0 fully saturated rings. The van der Waals surface area contributed by atoms with E-state index in [1.54, 1.807) is 4.68 Å². The number of carbonyl (C=O) groups is 1. The van der Waals surface area contributed by atoms with E-state index >= 15 is 0 Å². The Balaban J connectivity index is 2.50. The van der Waals surface area contributed by atoms with Crippen molar-refractivity contribution in [3.63, 3.8) is 0 Å². The van der Waals surface area contributed by atoms with Crippen LogP contribution in [0.2, 0.25) is 0 Å². The standard InChI is InChI=1S/C16H20N2O2/c1-5-18-13(10-19)9-15(17-18)14-7-12(4)16(20-6-2)8-11(14)3/h7-10H,5-6H2,1-4H3. The van der Waals surface area contributed by atoms with Crippen molar-refractivity contribution < 1.29 is 9.53 Å². The van der Waals surface area contributed by atoms with Crippen LogP contribution in [0.4, 0.5) is 0 Å². The molecule has 1 aromatic heterocycles. The minimum Gasteiger partial charge on any atom is -0.494 e. The fourth-order valence-electron chi connectivity index (χ4n) is 2.29. The van der Waals surface area contributed by atoms with E-state index in [4.69, 9.17) is 4.74 Å². The first-order valence-electron chi connectivity index (χ1n) is 6.88. The van der Waals surface area contributed by atoms with Gasteiger partial charge in [-0.15, -0.1) is 0 Å².